The lowest BCUT2D eigenvalue weighted by Gasteiger charge is -2.27. The van der Waals surface area contributed by atoms with Gasteiger partial charge in [-0.3, -0.25) is 14.5 Å². The van der Waals surface area contributed by atoms with Gasteiger partial charge in [0, 0.05) is 11.4 Å². The van der Waals surface area contributed by atoms with Crippen LogP contribution in [0.2, 0.25) is 0 Å². The van der Waals surface area contributed by atoms with Crippen molar-refractivity contribution >= 4 is 23.2 Å². The number of aryl methyl sites for hydroxylation is 2. The first kappa shape index (κ1) is 22.2. The molecular formula is C26H29N3O2. The van der Waals surface area contributed by atoms with E-state index in [9.17, 15) is 9.59 Å². The van der Waals surface area contributed by atoms with Gasteiger partial charge in [-0.25, -0.2) is 0 Å². The molecule has 3 aromatic carbocycles. The van der Waals surface area contributed by atoms with Crippen LogP contribution >= 0.6 is 0 Å². The second-order valence-electron chi connectivity index (χ2n) is 7.88. The average molecular weight is 416 g/mol. The topological polar surface area (TPSA) is 61.4 Å². The number of hydrogen-bond donors (Lipinski definition) is 2. The first-order valence-corrected chi connectivity index (χ1v) is 10.3. The molecule has 1 atom stereocenters. The molecular weight excluding hydrogens is 386 g/mol. The third-order valence-electron chi connectivity index (χ3n) is 5.40. The summed E-state index contributed by atoms with van der Waals surface area (Å²) in [5.41, 5.74) is 5.62. The third kappa shape index (κ3) is 5.80. The van der Waals surface area contributed by atoms with E-state index in [0.717, 1.165) is 33.6 Å². The van der Waals surface area contributed by atoms with Crippen molar-refractivity contribution in [2.24, 2.45) is 0 Å². The summed E-state index contributed by atoms with van der Waals surface area (Å²) in [6, 6.07) is 22.4. The molecule has 3 rings (SSSR count). The van der Waals surface area contributed by atoms with E-state index < -0.39 is 6.04 Å². The number of rotatable bonds is 7. The average Bonchev–Trinajstić information content (AvgIpc) is 2.74. The van der Waals surface area contributed by atoms with E-state index in [2.05, 4.69) is 10.6 Å². The van der Waals surface area contributed by atoms with Crippen LogP contribution in [-0.2, 0) is 9.59 Å². The molecule has 0 aliphatic heterocycles. The van der Waals surface area contributed by atoms with Crippen molar-refractivity contribution in [1.82, 2.24) is 4.90 Å². The van der Waals surface area contributed by atoms with Crippen molar-refractivity contribution < 1.29 is 9.59 Å². The minimum absolute atomic E-state index is 0.0776. The van der Waals surface area contributed by atoms with E-state index in [1.165, 1.54) is 0 Å². The second-order valence-corrected chi connectivity index (χ2v) is 7.88. The zero-order chi connectivity index (χ0) is 22.4. The van der Waals surface area contributed by atoms with Gasteiger partial charge >= 0.3 is 0 Å². The molecule has 0 aliphatic rings. The lowest BCUT2D eigenvalue weighted by molar-refractivity contribution is -0.123. The Bertz CT molecular complexity index is 1050. The molecule has 0 aromatic heterocycles. The molecule has 0 aliphatic carbocycles. The van der Waals surface area contributed by atoms with Crippen molar-refractivity contribution in [3.63, 3.8) is 0 Å². The predicted octanol–water partition coefficient (Wildman–Crippen LogP) is 4.86. The summed E-state index contributed by atoms with van der Waals surface area (Å²) >= 11 is 0. The molecule has 160 valence electrons. The highest BCUT2D eigenvalue weighted by atomic mass is 16.2. The minimum atomic E-state index is -0.605. The van der Waals surface area contributed by atoms with Gasteiger partial charge in [-0.1, -0.05) is 60.2 Å². The number of nitrogens with zero attached hydrogens (tertiary/aromatic N) is 1. The fourth-order valence-corrected chi connectivity index (χ4v) is 3.48. The Hall–Kier alpha value is -3.44. The lowest BCUT2D eigenvalue weighted by Crippen LogP contribution is -2.39. The fraction of sp³-hybridized carbons (Fsp3) is 0.231. The van der Waals surface area contributed by atoms with E-state index in [1.807, 2.05) is 93.6 Å². The molecule has 31 heavy (non-hydrogen) atoms. The van der Waals surface area contributed by atoms with Crippen molar-refractivity contribution in [3.05, 3.63) is 95.1 Å². The van der Waals surface area contributed by atoms with Gasteiger partial charge in [0.1, 0.15) is 6.04 Å². The lowest BCUT2D eigenvalue weighted by atomic mass is 10.0. The fourth-order valence-electron chi connectivity index (χ4n) is 3.48. The maximum Gasteiger partial charge on any atom is 0.246 e. The predicted molar refractivity (Wildman–Crippen MR) is 126 cm³/mol. The summed E-state index contributed by atoms with van der Waals surface area (Å²) in [5.74, 6) is -0.350. The third-order valence-corrected chi connectivity index (χ3v) is 5.40. The van der Waals surface area contributed by atoms with Crippen LogP contribution in [0.15, 0.2) is 72.8 Å². The van der Waals surface area contributed by atoms with Crippen molar-refractivity contribution in [3.8, 4) is 0 Å². The molecule has 0 fully saturated rings. The minimum Gasteiger partial charge on any atom is -0.325 e. The first-order chi connectivity index (χ1) is 14.8. The van der Waals surface area contributed by atoms with Crippen molar-refractivity contribution in [2.75, 3.05) is 24.2 Å². The molecule has 3 aromatic rings. The summed E-state index contributed by atoms with van der Waals surface area (Å²) in [7, 11) is 1.79. The standard InChI is InChI=1S/C26H29N3O2/c1-18-13-15-22(16-14-18)27-26(31)25(21-10-6-5-7-11-21)29(4)17-24(30)28-23-12-8-9-19(2)20(23)3/h5-16,25H,17H2,1-4H3,(H,27,31)(H,28,30). The molecule has 0 heterocycles. The van der Waals surface area contributed by atoms with E-state index in [0.29, 0.717) is 0 Å². The molecule has 5 nitrogen and oxygen atoms in total. The van der Waals surface area contributed by atoms with Crippen LogP contribution in [0.5, 0.6) is 0 Å². The molecule has 2 amide bonds. The Balaban J connectivity index is 1.76. The Morgan fingerprint density at radius 1 is 0.839 bits per heavy atom. The monoisotopic (exact) mass is 415 g/mol. The molecule has 0 saturated heterocycles. The van der Waals surface area contributed by atoms with Gasteiger partial charge in [-0.15, -0.1) is 0 Å². The van der Waals surface area contributed by atoms with Gasteiger partial charge in [0.05, 0.1) is 6.54 Å². The molecule has 0 saturated carbocycles. The van der Waals surface area contributed by atoms with Crippen LogP contribution in [0.25, 0.3) is 0 Å². The summed E-state index contributed by atoms with van der Waals surface area (Å²) < 4.78 is 0. The van der Waals surface area contributed by atoms with Crippen molar-refractivity contribution in [2.45, 2.75) is 26.8 Å². The van der Waals surface area contributed by atoms with E-state index >= 15 is 0 Å². The van der Waals surface area contributed by atoms with Gasteiger partial charge in [0.2, 0.25) is 11.8 Å². The Kier molecular flexibility index (Phi) is 7.21. The Morgan fingerprint density at radius 2 is 1.52 bits per heavy atom. The number of hydrogen-bond acceptors (Lipinski definition) is 3. The summed E-state index contributed by atoms with van der Waals surface area (Å²) in [6.45, 7) is 6.07. The highest BCUT2D eigenvalue weighted by molar-refractivity contribution is 5.97. The molecule has 0 spiro atoms. The van der Waals surface area contributed by atoms with Gasteiger partial charge in [0.15, 0.2) is 0 Å². The summed E-state index contributed by atoms with van der Waals surface area (Å²) in [6.07, 6.45) is 0. The highest BCUT2D eigenvalue weighted by Gasteiger charge is 2.27. The maximum atomic E-state index is 13.2. The first-order valence-electron chi connectivity index (χ1n) is 10.3. The van der Waals surface area contributed by atoms with Gasteiger partial charge < -0.3 is 10.6 Å². The zero-order valence-electron chi connectivity index (χ0n) is 18.5. The molecule has 0 radical (unpaired) electrons. The van der Waals surface area contributed by atoms with E-state index in [1.54, 1.807) is 11.9 Å². The number of nitrogens with one attached hydrogen (secondary N) is 2. The molecule has 2 N–H and O–H groups in total. The SMILES string of the molecule is Cc1ccc(NC(=O)C(c2ccccc2)N(C)CC(=O)Nc2cccc(C)c2C)cc1. The van der Waals surface area contributed by atoms with E-state index in [4.69, 9.17) is 0 Å². The van der Waals surface area contributed by atoms with Crippen LogP contribution in [-0.4, -0.2) is 30.3 Å². The Morgan fingerprint density at radius 3 is 2.19 bits per heavy atom. The molecule has 0 bridgehead atoms. The quantitative estimate of drug-likeness (QED) is 0.579. The number of carbonyl (C=O) groups is 2. The number of carbonyl (C=O) groups excluding carboxylic acids is 2. The van der Waals surface area contributed by atoms with Crippen LogP contribution in [0, 0.1) is 20.8 Å². The molecule has 5 heteroatoms. The van der Waals surface area contributed by atoms with Crippen LogP contribution in [0.1, 0.15) is 28.3 Å². The highest BCUT2D eigenvalue weighted by Crippen LogP contribution is 2.23. The smallest absolute Gasteiger partial charge is 0.246 e. The van der Waals surface area contributed by atoms with Gasteiger partial charge in [0.25, 0.3) is 0 Å². The van der Waals surface area contributed by atoms with Crippen LogP contribution in [0.4, 0.5) is 11.4 Å². The van der Waals surface area contributed by atoms with E-state index in [-0.39, 0.29) is 18.4 Å². The Labute approximate surface area is 184 Å². The maximum absolute atomic E-state index is 13.2. The van der Waals surface area contributed by atoms with Crippen LogP contribution < -0.4 is 10.6 Å². The summed E-state index contributed by atoms with van der Waals surface area (Å²) in [5, 5.41) is 5.95. The van der Waals surface area contributed by atoms with Crippen LogP contribution in [0.3, 0.4) is 0 Å². The van der Waals surface area contributed by atoms with Crippen molar-refractivity contribution in [1.29, 1.82) is 0 Å². The number of likely N-dealkylation sites (N-methyl/N-ethyl adjacent to an activating group) is 1. The second kappa shape index (κ2) is 10.0. The largest absolute Gasteiger partial charge is 0.325 e. The van der Waals surface area contributed by atoms with Gasteiger partial charge in [-0.2, -0.15) is 0 Å². The zero-order valence-corrected chi connectivity index (χ0v) is 18.5. The van der Waals surface area contributed by atoms with Gasteiger partial charge in [-0.05, 0) is 62.7 Å². The normalized spacial score (nSPS) is 11.8. The number of anilines is 2. The molecule has 1 unspecified atom stereocenters. The summed E-state index contributed by atoms with van der Waals surface area (Å²) in [4.78, 5) is 27.7. The number of benzene rings is 3. The number of amides is 2.